The molecule has 3 N–H and O–H groups in total. The second kappa shape index (κ2) is 7.09. The Balaban J connectivity index is 1.85. The lowest BCUT2D eigenvalue weighted by Gasteiger charge is -2.29. The average molecular weight is 361 g/mol. The molecule has 0 radical (unpaired) electrons. The molecule has 134 valence electrons. The van der Waals surface area contributed by atoms with Crippen LogP contribution in [-0.2, 0) is 14.8 Å². The summed E-state index contributed by atoms with van der Waals surface area (Å²) in [5, 5.41) is 1.51. The summed E-state index contributed by atoms with van der Waals surface area (Å²) in [6.45, 7) is 1.86. The highest BCUT2D eigenvalue weighted by Gasteiger charge is 2.28. The normalized spacial score (nSPS) is 21.3. The fraction of sp³-hybridized carbons (Fsp3) is 0.444. The van der Waals surface area contributed by atoms with E-state index in [2.05, 4.69) is 9.71 Å². The van der Waals surface area contributed by atoms with E-state index in [9.17, 15) is 13.2 Å². The lowest BCUT2D eigenvalue weighted by molar-refractivity contribution is -0.119. The van der Waals surface area contributed by atoms with Crippen LogP contribution in [0.25, 0.3) is 10.8 Å². The Hall–Kier alpha value is -1.99. The van der Waals surface area contributed by atoms with Crippen LogP contribution in [0, 0.1) is 12.8 Å². The molecule has 1 aromatic carbocycles. The molecule has 0 spiro atoms. The third-order valence-electron chi connectivity index (χ3n) is 4.85. The highest BCUT2D eigenvalue weighted by Crippen LogP contribution is 2.29. The largest absolute Gasteiger partial charge is 0.370 e. The van der Waals surface area contributed by atoms with Crippen LogP contribution in [-0.4, -0.2) is 25.4 Å². The molecule has 2 aromatic rings. The first-order valence-corrected chi connectivity index (χ1v) is 10.00. The van der Waals surface area contributed by atoms with Gasteiger partial charge in [-0.25, -0.2) is 13.1 Å². The van der Waals surface area contributed by atoms with E-state index in [0.29, 0.717) is 18.2 Å². The van der Waals surface area contributed by atoms with Crippen molar-refractivity contribution in [3.63, 3.8) is 0 Å². The molecule has 0 aliphatic heterocycles. The van der Waals surface area contributed by atoms with Crippen molar-refractivity contribution in [3.05, 3.63) is 36.2 Å². The van der Waals surface area contributed by atoms with Gasteiger partial charge in [-0.1, -0.05) is 18.6 Å². The molecule has 7 heteroatoms. The maximum Gasteiger partial charge on any atom is 0.241 e. The highest BCUT2D eigenvalue weighted by molar-refractivity contribution is 7.89. The summed E-state index contributed by atoms with van der Waals surface area (Å²) in [7, 11) is -3.65. The third-order valence-corrected chi connectivity index (χ3v) is 6.43. The van der Waals surface area contributed by atoms with Gasteiger partial charge in [0.2, 0.25) is 15.9 Å². The fourth-order valence-corrected chi connectivity index (χ4v) is 5.21. The van der Waals surface area contributed by atoms with Crippen molar-refractivity contribution >= 4 is 26.7 Å². The van der Waals surface area contributed by atoms with Gasteiger partial charge in [0.25, 0.3) is 0 Å². The number of sulfonamides is 1. The minimum atomic E-state index is -3.65. The Morgan fingerprint density at radius 3 is 2.84 bits per heavy atom. The zero-order valence-corrected chi connectivity index (χ0v) is 15.1. The molecule has 1 heterocycles. The van der Waals surface area contributed by atoms with Crippen LogP contribution in [0.2, 0.25) is 0 Å². The van der Waals surface area contributed by atoms with Gasteiger partial charge in [-0.3, -0.25) is 9.78 Å². The monoisotopic (exact) mass is 361 g/mol. The van der Waals surface area contributed by atoms with Crippen LogP contribution in [0.15, 0.2) is 35.4 Å². The van der Waals surface area contributed by atoms with E-state index in [0.717, 1.165) is 30.3 Å². The molecule has 25 heavy (non-hydrogen) atoms. The van der Waals surface area contributed by atoms with Gasteiger partial charge in [-0.2, -0.15) is 0 Å². The number of fused-ring (bicyclic) bond motifs is 1. The van der Waals surface area contributed by atoms with Gasteiger partial charge in [0.15, 0.2) is 0 Å². The van der Waals surface area contributed by atoms with Crippen molar-refractivity contribution in [2.75, 3.05) is 0 Å². The summed E-state index contributed by atoms with van der Waals surface area (Å²) in [4.78, 5) is 15.6. The number of aryl methyl sites for hydroxylation is 1. The molecule has 1 fully saturated rings. The van der Waals surface area contributed by atoms with Crippen molar-refractivity contribution in [1.29, 1.82) is 0 Å². The zero-order valence-electron chi connectivity index (χ0n) is 14.2. The van der Waals surface area contributed by atoms with Crippen molar-refractivity contribution in [2.45, 2.75) is 50.0 Å². The van der Waals surface area contributed by atoms with E-state index in [4.69, 9.17) is 5.73 Å². The molecular formula is C18H23N3O3S. The predicted octanol–water partition coefficient (Wildman–Crippen LogP) is 2.26. The highest BCUT2D eigenvalue weighted by atomic mass is 32.2. The predicted molar refractivity (Wildman–Crippen MR) is 96.4 cm³/mol. The van der Waals surface area contributed by atoms with E-state index in [-0.39, 0.29) is 22.8 Å². The standard InChI is InChI=1S/C18H23N3O3S/c1-12-15-6-3-7-17(16(15)8-9-20-12)25(23,24)21-14-5-2-4-13(10-14)11-18(19)22/h3,6-9,13-14,21H,2,4-5,10-11H2,1H3,(H2,19,22). The number of primary amides is 1. The first-order valence-electron chi connectivity index (χ1n) is 8.52. The number of nitrogens with two attached hydrogens (primary N) is 1. The number of pyridine rings is 1. The number of carbonyl (C=O) groups excluding carboxylic acids is 1. The van der Waals surface area contributed by atoms with Gasteiger partial charge in [-0.05, 0) is 44.2 Å². The summed E-state index contributed by atoms with van der Waals surface area (Å²) >= 11 is 0. The number of amides is 1. The quantitative estimate of drug-likeness (QED) is 0.852. The molecular weight excluding hydrogens is 338 g/mol. The molecule has 1 aliphatic rings. The first kappa shape index (κ1) is 17.8. The number of aromatic nitrogens is 1. The Morgan fingerprint density at radius 1 is 1.28 bits per heavy atom. The minimum absolute atomic E-state index is 0.151. The molecule has 6 nitrogen and oxygen atoms in total. The number of carbonyl (C=O) groups is 1. The van der Waals surface area contributed by atoms with Gasteiger partial charge in [0.05, 0.1) is 4.90 Å². The topological polar surface area (TPSA) is 102 Å². The molecule has 0 saturated heterocycles. The third kappa shape index (κ3) is 3.99. The molecule has 2 unspecified atom stereocenters. The number of benzene rings is 1. The summed E-state index contributed by atoms with van der Waals surface area (Å²) in [5.74, 6) is -0.177. The zero-order chi connectivity index (χ0) is 18.0. The van der Waals surface area contributed by atoms with Crippen LogP contribution < -0.4 is 10.5 Å². The number of hydrogen-bond acceptors (Lipinski definition) is 4. The maximum atomic E-state index is 12.9. The van der Waals surface area contributed by atoms with Crippen LogP contribution in [0.4, 0.5) is 0 Å². The Kier molecular flexibility index (Phi) is 5.06. The smallest absolute Gasteiger partial charge is 0.241 e. The van der Waals surface area contributed by atoms with E-state index in [1.165, 1.54) is 0 Å². The number of rotatable bonds is 5. The number of hydrogen-bond donors (Lipinski definition) is 2. The van der Waals surface area contributed by atoms with E-state index >= 15 is 0 Å². The van der Waals surface area contributed by atoms with E-state index < -0.39 is 10.0 Å². The maximum absolute atomic E-state index is 12.9. The van der Waals surface area contributed by atoms with E-state index in [1.807, 2.05) is 13.0 Å². The summed E-state index contributed by atoms with van der Waals surface area (Å²) < 4.78 is 28.7. The SMILES string of the molecule is Cc1nccc2c(S(=O)(=O)NC3CCCC(CC(N)=O)C3)cccc12. The Labute approximate surface area is 147 Å². The molecule has 1 amide bonds. The number of nitrogens with zero attached hydrogens (tertiary/aromatic N) is 1. The van der Waals surface area contributed by atoms with Crippen LogP contribution in [0.5, 0.6) is 0 Å². The summed E-state index contributed by atoms with van der Waals surface area (Å²) in [6.07, 6.45) is 5.18. The summed E-state index contributed by atoms with van der Waals surface area (Å²) in [6, 6.07) is 6.80. The van der Waals surface area contributed by atoms with Crippen LogP contribution in [0.1, 0.15) is 37.8 Å². The Morgan fingerprint density at radius 2 is 2.08 bits per heavy atom. The molecule has 1 aromatic heterocycles. The Bertz CT molecular complexity index is 896. The fourth-order valence-electron chi connectivity index (χ4n) is 3.71. The second-order valence-electron chi connectivity index (χ2n) is 6.77. The molecule has 3 rings (SSSR count). The lowest BCUT2D eigenvalue weighted by Crippen LogP contribution is -2.39. The van der Waals surface area contributed by atoms with Gasteiger partial charge in [0.1, 0.15) is 0 Å². The average Bonchev–Trinajstić information content (AvgIpc) is 2.54. The van der Waals surface area contributed by atoms with Crippen molar-refractivity contribution in [3.8, 4) is 0 Å². The van der Waals surface area contributed by atoms with E-state index in [1.54, 1.807) is 24.4 Å². The first-order chi connectivity index (χ1) is 11.9. The molecule has 2 atom stereocenters. The van der Waals surface area contributed by atoms with Crippen molar-refractivity contribution in [1.82, 2.24) is 9.71 Å². The minimum Gasteiger partial charge on any atom is -0.370 e. The summed E-state index contributed by atoms with van der Waals surface area (Å²) in [5.41, 5.74) is 6.08. The van der Waals surface area contributed by atoms with Crippen LogP contribution in [0.3, 0.4) is 0 Å². The van der Waals surface area contributed by atoms with Crippen molar-refractivity contribution < 1.29 is 13.2 Å². The lowest BCUT2D eigenvalue weighted by atomic mass is 9.84. The van der Waals surface area contributed by atoms with Crippen molar-refractivity contribution in [2.24, 2.45) is 11.7 Å². The van der Waals surface area contributed by atoms with Crippen LogP contribution >= 0.6 is 0 Å². The number of nitrogens with one attached hydrogen (secondary N) is 1. The van der Waals surface area contributed by atoms with Gasteiger partial charge < -0.3 is 5.73 Å². The van der Waals surface area contributed by atoms with Gasteiger partial charge >= 0.3 is 0 Å². The van der Waals surface area contributed by atoms with Gasteiger partial charge in [0, 0.05) is 35.1 Å². The second-order valence-corrected chi connectivity index (χ2v) is 8.45. The molecule has 0 bridgehead atoms. The molecule has 1 aliphatic carbocycles. The molecule has 1 saturated carbocycles. The van der Waals surface area contributed by atoms with Gasteiger partial charge in [-0.15, -0.1) is 0 Å².